The first-order chi connectivity index (χ1) is 12.3. The average molecular weight is 337 g/mol. The second-order valence-electron chi connectivity index (χ2n) is 5.93. The molecule has 1 spiro atoms. The SMILES string of the molecule is C=CCOc1ccccc1CN1C(=O)C2(OCCO2)c2ccccc21. The molecule has 5 nitrogen and oxygen atoms in total. The van der Waals surface area contributed by atoms with E-state index in [1.807, 2.05) is 48.5 Å². The van der Waals surface area contributed by atoms with Crippen molar-refractivity contribution in [1.29, 1.82) is 0 Å². The number of carbonyl (C=O) groups excluding carboxylic acids is 1. The van der Waals surface area contributed by atoms with E-state index in [2.05, 4.69) is 6.58 Å². The molecule has 1 fully saturated rings. The van der Waals surface area contributed by atoms with Gasteiger partial charge in [-0.15, -0.1) is 0 Å². The molecule has 2 heterocycles. The minimum Gasteiger partial charge on any atom is -0.489 e. The predicted molar refractivity (Wildman–Crippen MR) is 93.3 cm³/mol. The summed E-state index contributed by atoms with van der Waals surface area (Å²) in [5.74, 6) is -0.750. The summed E-state index contributed by atoms with van der Waals surface area (Å²) in [4.78, 5) is 14.8. The van der Waals surface area contributed by atoms with Crippen LogP contribution < -0.4 is 9.64 Å². The van der Waals surface area contributed by atoms with Crippen LogP contribution in [0.4, 0.5) is 5.69 Å². The van der Waals surface area contributed by atoms with Crippen LogP contribution in [0.1, 0.15) is 11.1 Å². The standard InChI is InChI=1S/C20H19NO4/c1-2-11-23-18-10-6-3-7-15(18)14-21-17-9-5-4-8-16(17)20(19(21)22)24-12-13-25-20/h2-10H,1,11-14H2. The summed E-state index contributed by atoms with van der Waals surface area (Å²) in [7, 11) is 0. The van der Waals surface area contributed by atoms with Gasteiger partial charge in [0.25, 0.3) is 11.7 Å². The highest BCUT2D eigenvalue weighted by Gasteiger charge is 2.55. The molecule has 128 valence electrons. The molecule has 1 amide bonds. The van der Waals surface area contributed by atoms with E-state index < -0.39 is 5.79 Å². The molecule has 25 heavy (non-hydrogen) atoms. The highest BCUT2D eigenvalue weighted by molar-refractivity contribution is 6.06. The van der Waals surface area contributed by atoms with E-state index in [4.69, 9.17) is 14.2 Å². The molecule has 0 saturated carbocycles. The molecule has 0 atom stereocenters. The molecule has 4 rings (SSSR count). The van der Waals surface area contributed by atoms with Crippen LogP contribution in [0.3, 0.4) is 0 Å². The molecular weight excluding hydrogens is 318 g/mol. The van der Waals surface area contributed by atoms with Crippen LogP contribution in [-0.2, 0) is 26.6 Å². The molecule has 0 aromatic heterocycles. The fourth-order valence-electron chi connectivity index (χ4n) is 3.33. The van der Waals surface area contributed by atoms with E-state index in [-0.39, 0.29) is 5.91 Å². The quantitative estimate of drug-likeness (QED) is 0.787. The zero-order valence-electron chi connectivity index (χ0n) is 13.8. The molecule has 2 aromatic rings. The first-order valence-electron chi connectivity index (χ1n) is 8.27. The lowest BCUT2D eigenvalue weighted by Gasteiger charge is -2.22. The van der Waals surface area contributed by atoms with Gasteiger partial charge in [-0.25, -0.2) is 0 Å². The van der Waals surface area contributed by atoms with Crippen molar-refractivity contribution in [3.8, 4) is 5.75 Å². The molecule has 2 aromatic carbocycles. The molecule has 0 aliphatic carbocycles. The maximum atomic E-state index is 13.1. The van der Waals surface area contributed by atoms with Gasteiger partial charge in [0.15, 0.2) is 0 Å². The zero-order valence-corrected chi connectivity index (χ0v) is 13.8. The molecule has 0 N–H and O–H groups in total. The Morgan fingerprint density at radius 3 is 2.64 bits per heavy atom. The van der Waals surface area contributed by atoms with Crippen molar-refractivity contribution in [2.75, 3.05) is 24.7 Å². The zero-order chi connectivity index (χ0) is 17.3. The molecule has 2 aliphatic heterocycles. The number of benzene rings is 2. The smallest absolute Gasteiger partial charge is 0.292 e. The van der Waals surface area contributed by atoms with E-state index in [0.717, 1.165) is 22.6 Å². The normalized spacial score (nSPS) is 17.8. The summed E-state index contributed by atoms with van der Waals surface area (Å²) in [6.45, 7) is 5.30. The van der Waals surface area contributed by atoms with Gasteiger partial charge in [0.1, 0.15) is 12.4 Å². The van der Waals surface area contributed by atoms with Crippen LogP contribution in [0.5, 0.6) is 5.75 Å². The number of nitrogens with zero attached hydrogens (tertiary/aromatic N) is 1. The lowest BCUT2D eigenvalue weighted by molar-refractivity contribution is -0.180. The Labute approximate surface area is 146 Å². The monoisotopic (exact) mass is 337 g/mol. The van der Waals surface area contributed by atoms with E-state index in [0.29, 0.717) is 26.4 Å². The van der Waals surface area contributed by atoms with E-state index in [9.17, 15) is 4.79 Å². The van der Waals surface area contributed by atoms with E-state index in [1.165, 1.54) is 0 Å². The summed E-state index contributed by atoms with van der Waals surface area (Å²) < 4.78 is 17.2. The molecule has 2 aliphatic rings. The minimum atomic E-state index is -1.30. The highest BCUT2D eigenvalue weighted by atomic mass is 16.7. The first-order valence-corrected chi connectivity index (χ1v) is 8.27. The number of hydrogen-bond donors (Lipinski definition) is 0. The van der Waals surface area contributed by atoms with Crippen molar-refractivity contribution in [1.82, 2.24) is 0 Å². The predicted octanol–water partition coefficient (Wildman–Crippen LogP) is 3.00. The van der Waals surface area contributed by atoms with Crippen molar-refractivity contribution < 1.29 is 19.0 Å². The fraction of sp³-hybridized carbons (Fsp3) is 0.250. The van der Waals surface area contributed by atoms with Crippen LogP contribution >= 0.6 is 0 Å². The summed E-state index contributed by atoms with van der Waals surface area (Å²) in [6.07, 6.45) is 1.70. The fourth-order valence-corrected chi connectivity index (χ4v) is 3.33. The van der Waals surface area contributed by atoms with Crippen molar-refractivity contribution in [3.63, 3.8) is 0 Å². The third-order valence-corrected chi connectivity index (χ3v) is 4.43. The first kappa shape index (κ1) is 15.9. The Morgan fingerprint density at radius 1 is 1.12 bits per heavy atom. The van der Waals surface area contributed by atoms with Gasteiger partial charge in [0, 0.05) is 11.1 Å². The summed E-state index contributed by atoms with van der Waals surface area (Å²) >= 11 is 0. The number of anilines is 1. The van der Waals surface area contributed by atoms with Crippen molar-refractivity contribution >= 4 is 11.6 Å². The second-order valence-corrected chi connectivity index (χ2v) is 5.93. The van der Waals surface area contributed by atoms with Gasteiger partial charge in [-0.05, 0) is 12.1 Å². The maximum Gasteiger partial charge on any atom is 0.292 e. The van der Waals surface area contributed by atoms with Crippen LogP contribution in [0.25, 0.3) is 0 Å². The number of fused-ring (bicyclic) bond motifs is 2. The lowest BCUT2D eigenvalue weighted by atomic mass is 10.1. The Hall–Kier alpha value is -2.63. The molecule has 0 unspecified atom stereocenters. The van der Waals surface area contributed by atoms with Crippen LogP contribution in [0.15, 0.2) is 61.2 Å². The third kappa shape index (κ3) is 2.52. The Morgan fingerprint density at radius 2 is 1.84 bits per heavy atom. The molecule has 0 radical (unpaired) electrons. The minimum absolute atomic E-state index is 0.190. The maximum absolute atomic E-state index is 13.1. The van der Waals surface area contributed by atoms with Gasteiger partial charge >= 0.3 is 0 Å². The van der Waals surface area contributed by atoms with Gasteiger partial charge in [-0.2, -0.15) is 0 Å². The van der Waals surface area contributed by atoms with Crippen LogP contribution in [0.2, 0.25) is 0 Å². The Balaban J connectivity index is 1.70. The average Bonchev–Trinajstić information content (AvgIpc) is 3.23. The largest absolute Gasteiger partial charge is 0.489 e. The van der Waals surface area contributed by atoms with Crippen molar-refractivity contribution in [2.24, 2.45) is 0 Å². The number of carbonyl (C=O) groups is 1. The number of amides is 1. The summed E-state index contributed by atoms with van der Waals surface area (Å²) in [5.41, 5.74) is 2.50. The molecule has 1 saturated heterocycles. The second kappa shape index (κ2) is 6.35. The molecule has 5 heteroatoms. The van der Waals surface area contributed by atoms with E-state index in [1.54, 1.807) is 11.0 Å². The summed E-state index contributed by atoms with van der Waals surface area (Å²) in [6, 6.07) is 15.3. The van der Waals surface area contributed by atoms with Crippen molar-refractivity contribution in [2.45, 2.75) is 12.3 Å². The van der Waals surface area contributed by atoms with Crippen LogP contribution in [-0.4, -0.2) is 25.7 Å². The summed E-state index contributed by atoms with van der Waals surface area (Å²) in [5, 5.41) is 0. The van der Waals surface area contributed by atoms with Crippen molar-refractivity contribution in [3.05, 3.63) is 72.3 Å². The molecular formula is C20H19NO4. The van der Waals surface area contributed by atoms with Crippen LogP contribution in [0, 0.1) is 0 Å². The molecule has 0 bridgehead atoms. The lowest BCUT2D eigenvalue weighted by Crippen LogP contribution is -2.40. The number of hydrogen-bond acceptors (Lipinski definition) is 4. The van der Waals surface area contributed by atoms with Gasteiger partial charge in [-0.3, -0.25) is 4.79 Å². The topological polar surface area (TPSA) is 48.0 Å². The van der Waals surface area contributed by atoms with Gasteiger partial charge in [0.05, 0.1) is 25.4 Å². The van der Waals surface area contributed by atoms with E-state index >= 15 is 0 Å². The number of ether oxygens (including phenoxy) is 3. The Bertz CT molecular complexity index is 811. The third-order valence-electron chi connectivity index (χ3n) is 4.43. The van der Waals surface area contributed by atoms with Gasteiger partial charge in [-0.1, -0.05) is 49.1 Å². The van der Waals surface area contributed by atoms with Gasteiger partial charge < -0.3 is 19.1 Å². The number of rotatable bonds is 5. The highest BCUT2D eigenvalue weighted by Crippen LogP contribution is 2.46. The van der Waals surface area contributed by atoms with Gasteiger partial charge in [0.2, 0.25) is 0 Å². The number of para-hydroxylation sites is 2. The Kier molecular flexibility index (Phi) is 4.03.